The predicted molar refractivity (Wildman–Crippen MR) is 89.4 cm³/mol. The van der Waals surface area contributed by atoms with Gasteiger partial charge in [-0.3, -0.25) is 0 Å². The zero-order chi connectivity index (χ0) is 15.2. The maximum atomic E-state index is 4.59. The molecular formula is C17H24N4. The first kappa shape index (κ1) is 15.3. The van der Waals surface area contributed by atoms with Crippen LogP contribution in [-0.4, -0.2) is 16.5 Å². The first-order chi connectivity index (χ1) is 10.1. The molecule has 0 bridgehead atoms. The fraction of sp³-hybridized carbons (Fsp3) is 0.412. The zero-order valence-corrected chi connectivity index (χ0v) is 13.3. The second-order valence-corrected chi connectivity index (χ2v) is 5.26. The summed E-state index contributed by atoms with van der Waals surface area (Å²) < 4.78 is 0. The van der Waals surface area contributed by atoms with Gasteiger partial charge in [0.2, 0.25) is 0 Å². The Balaban J connectivity index is 2.26. The van der Waals surface area contributed by atoms with Crippen molar-refractivity contribution in [3.05, 3.63) is 41.2 Å². The highest BCUT2D eigenvalue weighted by atomic mass is 15.1. The van der Waals surface area contributed by atoms with Gasteiger partial charge in [-0.15, -0.1) is 0 Å². The Kier molecular flexibility index (Phi) is 5.14. The van der Waals surface area contributed by atoms with Crippen LogP contribution in [0, 0.1) is 13.8 Å². The van der Waals surface area contributed by atoms with Gasteiger partial charge in [-0.05, 0) is 50.5 Å². The largest absolute Gasteiger partial charge is 0.370 e. The SMILES string of the molecule is CCCc1nc(NCC)cc(Nc2ccc(C)c(C)c2)n1. The smallest absolute Gasteiger partial charge is 0.136 e. The second kappa shape index (κ2) is 7.07. The van der Waals surface area contributed by atoms with Gasteiger partial charge in [0, 0.05) is 24.7 Å². The third-order valence-electron chi connectivity index (χ3n) is 3.38. The van der Waals surface area contributed by atoms with Gasteiger partial charge in [-0.2, -0.15) is 0 Å². The minimum absolute atomic E-state index is 0.840. The van der Waals surface area contributed by atoms with E-state index >= 15 is 0 Å². The van der Waals surface area contributed by atoms with Gasteiger partial charge in [-0.1, -0.05) is 13.0 Å². The first-order valence-electron chi connectivity index (χ1n) is 7.58. The number of benzene rings is 1. The van der Waals surface area contributed by atoms with Crippen LogP contribution in [0.15, 0.2) is 24.3 Å². The highest BCUT2D eigenvalue weighted by molar-refractivity contribution is 5.60. The Bertz CT molecular complexity index is 583. The van der Waals surface area contributed by atoms with Crippen molar-refractivity contribution < 1.29 is 0 Å². The molecule has 0 fully saturated rings. The lowest BCUT2D eigenvalue weighted by Gasteiger charge is -2.11. The van der Waals surface area contributed by atoms with Crippen LogP contribution in [-0.2, 0) is 6.42 Å². The van der Waals surface area contributed by atoms with Crippen LogP contribution in [0.5, 0.6) is 0 Å². The highest BCUT2D eigenvalue weighted by Crippen LogP contribution is 2.20. The van der Waals surface area contributed by atoms with Gasteiger partial charge in [0.05, 0.1) is 0 Å². The van der Waals surface area contributed by atoms with Crippen LogP contribution in [0.2, 0.25) is 0 Å². The fourth-order valence-corrected chi connectivity index (χ4v) is 2.14. The maximum absolute atomic E-state index is 4.59. The molecule has 0 saturated carbocycles. The summed E-state index contributed by atoms with van der Waals surface area (Å²) in [5.41, 5.74) is 3.62. The van der Waals surface area contributed by atoms with Crippen LogP contribution in [0.3, 0.4) is 0 Å². The van der Waals surface area contributed by atoms with E-state index in [-0.39, 0.29) is 0 Å². The van der Waals surface area contributed by atoms with Crippen LogP contribution >= 0.6 is 0 Å². The Labute approximate surface area is 127 Å². The molecule has 2 N–H and O–H groups in total. The lowest BCUT2D eigenvalue weighted by Crippen LogP contribution is -2.06. The Morgan fingerprint density at radius 3 is 2.38 bits per heavy atom. The second-order valence-electron chi connectivity index (χ2n) is 5.26. The van der Waals surface area contributed by atoms with Crippen molar-refractivity contribution in [3.63, 3.8) is 0 Å². The summed E-state index contributed by atoms with van der Waals surface area (Å²) in [6, 6.07) is 8.30. The number of aryl methyl sites for hydroxylation is 3. The lowest BCUT2D eigenvalue weighted by molar-refractivity contribution is 0.836. The zero-order valence-electron chi connectivity index (χ0n) is 13.3. The molecule has 0 radical (unpaired) electrons. The van der Waals surface area contributed by atoms with E-state index in [0.717, 1.165) is 42.5 Å². The molecule has 0 aliphatic heterocycles. The minimum Gasteiger partial charge on any atom is -0.370 e. The van der Waals surface area contributed by atoms with E-state index in [0.29, 0.717) is 0 Å². The number of nitrogens with one attached hydrogen (secondary N) is 2. The van der Waals surface area contributed by atoms with Crippen molar-refractivity contribution in [3.8, 4) is 0 Å². The number of hydrogen-bond acceptors (Lipinski definition) is 4. The molecule has 0 unspecified atom stereocenters. The van der Waals surface area contributed by atoms with Crippen molar-refractivity contribution in [2.24, 2.45) is 0 Å². The fourth-order valence-electron chi connectivity index (χ4n) is 2.14. The van der Waals surface area contributed by atoms with Crippen LogP contribution < -0.4 is 10.6 Å². The molecular weight excluding hydrogens is 260 g/mol. The van der Waals surface area contributed by atoms with Crippen molar-refractivity contribution in [1.82, 2.24) is 9.97 Å². The predicted octanol–water partition coefficient (Wildman–Crippen LogP) is 4.22. The summed E-state index contributed by atoms with van der Waals surface area (Å²) >= 11 is 0. The molecule has 2 aromatic rings. The van der Waals surface area contributed by atoms with E-state index in [2.05, 4.69) is 66.5 Å². The van der Waals surface area contributed by atoms with Gasteiger partial charge in [0.1, 0.15) is 17.5 Å². The number of nitrogens with zero attached hydrogens (tertiary/aromatic N) is 2. The van der Waals surface area contributed by atoms with Crippen LogP contribution in [0.1, 0.15) is 37.2 Å². The van der Waals surface area contributed by atoms with Crippen LogP contribution in [0.25, 0.3) is 0 Å². The monoisotopic (exact) mass is 284 g/mol. The molecule has 4 nitrogen and oxygen atoms in total. The van der Waals surface area contributed by atoms with Gasteiger partial charge in [0.25, 0.3) is 0 Å². The molecule has 21 heavy (non-hydrogen) atoms. The molecule has 1 heterocycles. The standard InChI is InChI=1S/C17H24N4/c1-5-7-15-20-16(18-6-2)11-17(21-15)19-14-9-8-12(3)13(4)10-14/h8-11H,5-7H2,1-4H3,(H2,18,19,20,21). The van der Waals surface area contributed by atoms with E-state index in [1.807, 2.05) is 6.07 Å². The molecule has 112 valence electrons. The average molecular weight is 284 g/mol. The van der Waals surface area contributed by atoms with E-state index in [4.69, 9.17) is 0 Å². The van der Waals surface area contributed by atoms with E-state index in [1.54, 1.807) is 0 Å². The van der Waals surface area contributed by atoms with Crippen molar-refractivity contribution in [1.29, 1.82) is 0 Å². The number of anilines is 3. The summed E-state index contributed by atoms with van der Waals surface area (Å²) in [7, 11) is 0. The molecule has 0 saturated heterocycles. The van der Waals surface area contributed by atoms with E-state index in [1.165, 1.54) is 11.1 Å². The molecule has 1 aromatic carbocycles. The number of rotatable bonds is 6. The van der Waals surface area contributed by atoms with Crippen molar-refractivity contribution >= 4 is 17.3 Å². The van der Waals surface area contributed by atoms with Gasteiger partial charge in [-0.25, -0.2) is 9.97 Å². The molecule has 0 aliphatic carbocycles. The normalized spacial score (nSPS) is 10.5. The van der Waals surface area contributed by atoms with Crippen LogP contribution in [0.4, 0.5) is 17.3 Å². The maximum Gasteiger partial charge on any atom is 0.136 e. The van der Waals surface area contributed by atoms with Gasteiger partial charge < -0.3 is 10.6 Å². The summed E-state index contributed by atoms with van der Waals surface area (Å²) in [5, 5.41) is 6.64. The number of hydrogen-bond donors (Lipinski definition) is 2. The first-order valence-corrected chi connectivity index (χ1v) is 7.58. The quantitative estimate of drug-likeness (QED) is 0.833. The van der Waals surface area contributed by atoms with E-state index < -0.39 is 0 Å². The lowest BCUT2D eigenvalue weighted by atomic mass is 10.1. The third kappa shape index (κ3) is 4.18. The summed E-state index contributed by atoms with van der Waals surface area (Å²) in [6.45, 7) is 9.29. The topological polar surface area (TPSA) is 49.8 Å². The van der Waals surface area contributed by atoms with Crippen molar-refractivity contribution in [2.75, 3.05) is 17.2 Å². The Morgan fingerprint density at radius 1 is 0.952 bits per heavy atom. The number of aromatic nitrogens is 2. The Hall–Kier alpha value is -2.10. The molecule has 0 amide bonds. The van der Waals surface area contributed by atoms with Gasteiger partial charge in [0.15, 0.2) is 0 Å². The third-order valence-corrected chi connectivity index (χ3v) is 3.38. The van der Waals surface area contributed by atoms with E-state index in [9.17, 15) is 0 Å². The molecule has 0 aliphatic rings. The summed E-state index contributed by atoms with van der Waals surface area (Å²) in [5.74, 6) is 2.59. The molecule has 0 spiro atoms. The molecule has 2 rings (SSSR count). The Morgan fingerprint density at radius 2 is 1.71 bits per heavy atom. The average Bonchev–Trinajstić information content (AvgIpc) is 2.43. The molecule has 0 atom stereocenters. The highest BCUT2D eigenvalue weighted by Gasteiger charge is 2.05. The minimum atomic E-state index is 0.840. The summed E-state index contributed by atoms with van der Waals surface area (Å²) in [4.78, 5) is 9.11. The summed E-state index contributed by atoms with van der Waals surface area (Å²) in [6.07, 6.45) is 1.93. The molecule has 1 aromatic heterocycles. The van der Waals surface area contributed by atoms with Gasteiger partial charge >= 0.3 is 0 Å². The van der Waals surface area contributed by atoms with Crippen molar-refractivity contribution in [2.45, 2.75) is 40.5 Å². The molecule has 4 heteroatoms.